The molecule has 3 rings (SSSR count). The average molecular weight is 350 g/mol. The molecule has 1 aliphatic heterocycles. The molecule has 2 aromatic rings. The molecule has 0 aromatic heterocycles. The molecule has 2 aromatic carbocycles. The number of nitro benzene ring substituents is 1. The van der Waals surface area contributed by atoms with E-state index in [0.717, 1.165) is 13.0 Å². The van der Waals surface area contributed by atoms with Crippen LogP contribution in [0.2, 0.25) is 0 Å². The van der Waals surface area contributed by atoms with Crippen LogP contribution in [0, 0.1) is 17.0 Å². The van der Waals surface area contributed by atoms with Gasteiger partial charge in [-0.3, -0.25) is 19.7 Å². The van der Waals surface area contributed by atoms with E-state index in [9.17, 15) is 32.9 Å². The zero-order valence-electron chi connectivity index (χ0n) is 12.6. The fourth-order valence-corrected chi connectivity index (χ4v) is 2.72. The van der Waals surface area contributed by atoms with E-state index < -0.39 is 39.9 Å². The summed E-state index contributed by atoms with van der Waals surface area (Å²) in [5.41, 5.74) is -2.89. The van der Waals surface area contributed by atoms with Gasteiger partial charge in [0.1, 0.15) is 5.69 Å². The van der Waals surface area contributed by atoms with E-state index >= 15 is 0 Å². The minimum Gasteiger partial charge on any atom is -0.268 e. The summed E-state index contributed by atoms with van der Waals surface area (Å²) in [7, 11) is 0. The quantitative estimate of drug-likeness (QED) is 0.470. The SMILES string of the molecule is Cc1cc(N2C(=O)c3ccccc3C2=O)c([N+](=O)[O-])cc1C(F)(F)F. The first-order valence-electron chi connectivity index (χ1n) is 6.97. The summed E-state index contributed by atoms with van der Waals surface area (Å²) in [5, 5.41) is 11.2. The molecule has 0 N–H and O–H groups in total. The van der Waals surface area contributed by atoms with E-state index in [4.69, 9.17) is 0 Å². The number of aryl methyl sites for hydroxylation is 1. The summed E-state index contributed by atoms with van der Waals surface area (Å²) in [4.78, 5) is 35.6. The highest BCUT2D eigenvalue weighted by atomic mass is 19.4. The number of anilines is 1. The highest BCUT2D eigenvalue weighted by molar-refractivity contribution is 6.35. The third-order valence-corrected chi connectivity index (χ3v) is 3.86. The number of alkyl halides is 3. The van der Waals surface area contributed by atoms with E-state index in [1.54, 1.807) is 0 Å². The van der Waals surface area contributed by atoms with Gasteiger partial charge in [-0.1, -0.05) is 12.1 Å². The predicted molar refractivity (Wildman–Crippen MR) is 80.4 cm³/mol. The lowest BCUT2D eigenvalue weighted by atomic mass is 10.1. The second-order valence-corrected chi connectivity index (χ2v) is 5.40. The van der Waals surface area contributed by atoms with Gasteiger partial charge in [0.15, 0.2) is 0 Å². The van der Waals surface area contributed by atoms with Crippen molar-refractivity contribution in [3.63, 3.8) is 0 Å². The first-order chi connectivity index (χ1) is 11.6. The van der Waals surface area contributed by atoms with Crippen molar-refractivity contribution in [2.45, 2.75) is 13.1 Å². The monoisotopic (exact) mass is 350 g/mol. The van der Waals surface area contributed by atoms with E-state index in [0.29, 0.717) is 11.0 Å². The lowest BCUT2D eigenvalue weighted by Crippen LogP contribution is -2.30. The molecule has 0 spiro atoms. The van der Waals surface area contributed by atoms with Gasteiger partial charge < -0.3 is 0 Å². The van der Waals surface area contributed by atoms with Crippen molar-refractivity contribution >= 4 is 23.2 Å². The van der Waals surface area contributed by atoms with Crippen LogP contribution in [-0.2, 0) is 6.18 Å². The van der Waals surface area contributed by atoms with E-state index in [1.807, 2.05) is 0 Å². The molecular weight excluding hydrogens is 341 g/mol. The number of fused-ring (bicyclic) bond motifs is 1. The van der Waals surface area contributed by atoms with Crippen LogP contribution >= 0.6 is 0 Å². The van der Waals surface area contributed by atoms with Gasteiger partial charge in [0, 0.05) is 6.07 Å². The number of carbonyl (C=O) groups is 2. The molecule has 1 heterocycles. The molecule has 2 amide bonds. The van der Waals surface area contributed by atoms with Gasteiger partial charge in [-0.15, -0.1) is 0 Å². The van der Waals surface area contributed by atoms with Crippen molar-refractivity contribution in [2.24, 2.45) is 0 Å². The van der Waals surface area contributed by atoms with Gasteiger partial charge in [0.25, 0.3) is 17.5 Å². The van der Waals surface area contributed by atoms with Gasteiger partial charge >= 0.3 is 6.18 Å². The number of rotatable bonds is 2. The molecular formula is C16H9F3N2O4. The van der Waals surface area contributed by atoms with Crippen molar-refractivity contribution in [1.82, 2.24) is 0 Å². The maximum absolute atomic E-state index is 13.0. The Balaban J connectivity index is 2.22. The van der Waals surface area contributed by atoms with Crippen molar-refractivity contribution in [3.8, 4) is 0 Å². The van der Waals surface area contributed by atoms with Crippen LogP contribution in [-0.4, -0.2) is 16.7 Å². The first kappa shape index (κ1) is 16.6. The molecule has 9 heteroatoms. The van der Waals surface area contributed by atoms with E-state index in [1.165, 1.54) is 24.3 Å². The Morgan fingerprint density at radius 3 is 2.00 bits per heavy atom. The number of halogens is 3. The van der Waals surface area contributed by atoms with Crippen LogP contribution in [0.4, 0.5) is 24.5 Å². The molecule has 0 bridgehead atoms. The Bertz CT molecular complexity index is 902. The fourth-order valence-electron chi connectivity index (χ4n) is 2.72. The molecule has 128 valence electrons. The molecule has 25 heavy (non-hydrogen) atoms. The maximum atomic E-state index is 13.0. The van der Waals surface area contributed by atoms with Gasteiger partial charge in [0.05, 0.1) is 21.6 Å². The number of carbonyl (C=O) groups excluding carboxylic acids is 2. The second kappa shape index (κ2) is 5.40. The molecule has 6 nitrogen and oxygen atoms in total. The van der Waals surface area contributed by atoms with Crippen molar-refractivity contribution in [3.05, 3.63) is 68.8 Å². The van der Waals surface area contributed by atoms with Crippen LogP contribution in [0.25, 0.3) is 0 Å². The molecule has 0 radical (unpaired) electrons. The number of nitrogens with zero attached hydrogens (tertiary/aromatic N) is 2. The van der Waals surface area contributed by atoms with Crippen LogP contribution in [0.1, 0.15) is 31.8 Å². The zero-order chi connectivity index (χ0) is 18.5. The lowest BCUT2D eigenvalue weighted by Gasteiger charge is -2.17. The Kier molecular flexibility index (Phi) is 3.59. The van der Waals surface area contributed by atoms with E-state index in [-0.39, 0.29) is 16.7 Å². The van der Waals surface area contributed by atoms with Crippen LogP contribution in [0.15, 0.2) is 36.4 Å². The van der Waals surface area contributed by atoms with Gasteiger partial charge in [0.2, 0.25) is 0 Å². The number of imide groups is 1. The van der Waals surface area contributed by atoms with Gasteiger partial charge in [-0.05, 0) is 30.7 Å². The molecule has 0 saturated heterocycles. The Morgan fingerprint density at radius 2 is 1.56 bits per heavy atom. The van der Waals surface area contributed by atoms with Crippen molar-refractivity contribution in [1.29, 1.82) is 0 Å². The summed E-state index contributed by atoms with van der Waals surface area (Å²) in [6.45, 7) is 1.11. The number of nitro groups is 1. The molecule has 1 aliphatic rings. The smallest absolute Gasteiger partial charge is 0.268 e. The molecule has 0 unspecified atom stereocenters. The Hall–Kier alpha value is -3.23. The largest absolute Gasteiger partial charge is 0.416 e. The number of hydrogen-bond donors (Lipinski definition) is 0. The second-order valence-electron chi connectivity index (χ2n) is 5.40. The third kappa shape index (κ3) is 2.53. The topological polar surface area (TPSA) is 80.5 Å². The summed E-state index contributed by atoms with van der Waals surface area (Å²) >= 11 is 0. The normalized spacial score (nSPS) is 14.0. The lowest BCUT2D eigenvalue weighted by molar-refractivity contribution is -0.384. The molecule has 0 saturated carbocycles. The maximum Gasteiger partial charge on any atom is 0.416 e. The van der Waals surface area contributed by atoms with E-state index in [2.05, 4.69) is 0 Å². The van der Waals surface area contributed by atoms with Crippen molar-refractivity contribution < 1.29 is 27.7 Å². The number of benzene rings is 2. The van der Waals surface area contributed by atoms with Crippen LogP contribution < -0.4 is 4.90 Å². The summed E-state index contributed by atoms with van der Waals surface area (Å²) in [6, 6.07) is 6.95. The fraction of sp³-hybridized carbons (Fsp3) is 0.125. The highest BCUT2D eigenvalue weighted by Crippen LogP contribution is 2.41. The standard InChI is InChI=1S/C16H9F3N2O4/c1-8-6-12(13(21(24)25)7-11(8)16(17,18)19)20-14(22)9-4-2-3-5-10(9)15(20)23/h2-7H,1H3. The minimum absolute atomic E-state index is 0.0411. The number of amides is 2. The predicted octanol–water partition coefficient (Wildman–Crippen LogP) is 3.72. The van der Waals surface area contributed by atoms with Crippen molar-refractivity contribution in [2.75, 3.05) is 4.90 Å². The molecule has 0 aliphatic carbocycles. The summed E-state index contributed by atoms with van der Waals surface area (Å²) in [6.07, 6.45) is -4.80. The zero-order valence-corrected chi connectivity index (χ0v) is 12.6. The summed E-state index contributed by atoms with van der Waals surface area (Å²) in [5.74, 6) is -1.63. The Labute approximate surface area is 138 Å². The minimum atomic E-state index is -4.80. The van der Waals surface area contributed by atoms with Crippen LogP contribution in [0.5, 0.6) is 0 Å². The molecule has 0 fully saturated rings. The average Bonchev–Trinajstić information content (AvgIpc) is 2.77. The van der Waals surface area contributed by atoms with Crippen LogP contribution in [0.3, 0.4) is 0 Å². The molecule has 0 atom stereocenters. The summed E-state index contributed by atoms with van der Waals surface area (Å²) < 4.78 is 39.0. The highest BCUT2D eigenvalue weighted by Gasteiger charge is 2.42. The van der Waals surface area contributed by atoms with Gasteiger partial charge in [-0.25, -0.2) is 4.90 Å². The third-order valence-electron chi connectivity index (χ3n) is 3.86. The first-order valence-corrected chi connectivity index (χ1v) is 6.97. The Morgan fingerprint density at radius 1 is 1.04 bits per heavy atom. The number of hydrogen-bond acceptors (Lipinski definition) is 4. The van der Waals surface area contributed by atoms with Gasteiger partial charge in [-0.2, -0.15) is 13.2 Å².